The van der Waals surface area contributed by atoms with Crippen molar-refractivity contribution in [3.05, 3.63) is 29.3 Å². The molecule has 1 aromatic carbocycles. The number of ether oxygens (including phenoxy) is 1. The first-order valence-electron chi connectivity index (χ1n) is 5.98. The number of aryl methyl sites for hydroxylation is 1. The van der Waals surface area contributed by atoms with Gasteiger partial charge in [0.1, 0.15) is 5.75 Å². The van der Waals surface area contributed by atoms with Gasteiger partial charge < -0.3 is 9.84 Å². The highest BCUT2D eigenvalue weighted by molar-refractivity contribution is 5.38. The van der Waals surface area contributed by atoms with Crippen molar-refractivity contribution >= 4 is 0 Å². The molecule has 1 aliphatic carbocycles. The first kappa shape index (κ1) is 11.5. The molecule has 16 heavy (non-hydrogen) atoms. The molecular weight excluding hydrogens is 200 g/mol. The van der Waals surface area contributed by atoms with E-state index in [1.165, 1.54) is 5.56 Å². The third-order valence-corrected chi connectivity index (χ3v) is 3.94. The van der Waals surface area contributed by atoms with Crippen molar-refractivity contribution < 1.29 is 9.84 Å². The van der Waals surface area contributed by atoms with Gasteiger partial charge in [-0.15, -0.1) is 0 Å². The van der Waals surface area contributed by atoms with Crippen LogP contribution in [0.2, 0.25) is 0 Å². The number of hydrogen-bond donors (Lipinski definition) is 1. The lowest BCUT2D eigenvalue weighted by Gasteiger charge is -2.22. The monoisotopic (exact) mass is 220 g/mol. The van der Waals surface area contributed by atoms with Crippen LogP contribution in [-0.4, -0.2) is 12.2 Å². The van der Waals surface area contributed by atoms with Crippen LogP contribution >= 0.6 is 0 Å². The average molecular weight is 220 g/mol. The van der Waals surface area contributed by atoms with E-state index in [1.54, 1.807) is 7.11 Å². The summed E-state index contributed by atoms with van der Waals surface area (Å²) in [4.78, 5) is 0. The van der Waals surface area contributed by atoms with Crippen LogP contribution in [0.1, 0.15) is 37.5 Å². The predicted octanol–water partition coefficient (Wildman–Crippen LogP) is 2.95. The zero-order chi connectivity index (χ0) is 11.7. The number of hydrogen-bond acceptors (Lipinski definition) is 2. The molecule has 0 aromatic heterocycles. The molecule has 0 spiro atoms. The highest BCUT2D eigenvalue weighted by Crippen LogP contribution is 2.37. The number of aliphatic hydroxyl groups is 1. The summed E-state index contributed by atoms with van der Waals surface area (Å²) in [6, 6.07) is 6.04. The van der Waals surface area contributed by atoms with Crippen molar-refractivity contribution in [3.63, 3.8) is 0 Å². The quantitative estimate of drug-likeness (QED) is 0.737. The van der Waals surface area contributed by atoms with Gasteiger partial charge in [-0.2, -0.15) is 0 Å². The molecule has 3 unspecified atom stereocenters. The van der Waals surface area contributed by atoms with Gasteiger partial charge in [0.25, 0.3) is 0 Å². The Balaban J connectivity index is 2.41. The van der Waals surface area contributed by atoms with Crippen LogP contribution in [0.5, 0.6) is 5.75 Å². The zero-order valence-electron chi connectivity index (χ0n) is 10.2. The van der Waals surface area contributed by atoms with E-state index in [9.17, 15) is 5.11 Å². The van der Waals surface area contributed by atoms with Crippen LogP contribution in [-0.2, 0) is 6.42 Å². The van der Waals surface area contributed by atoms with Crippen LogP contribution in [0.4, 0.5) is 0 Å². The van der Waals surface area contributed by atoms with Gasteiger partial charge in [0.2, 0.25) is 0 Å². The molecule has 2 heteroatoms. The normalized spacial score (nSPS) is 29.4. The van der Waals surface area contributed by atoms with Gasteiger partial charge in [-0.1, -0.05) is 19.9 Å². The van der Waals surface area contributed by atoms with Crippen molar-refractivity contribution in [3.8, 4) is 5.75 Å². The van der Waals surface area contributed by atoms with Crippen LogP contribution in [0.3, 0.4) is 0 Å². The van der Waals surface area contributed by atoms with Gasteiger partial charge in [0.15, 0.2) is 0 Å². The molecule has 0 fully saturated rings. The molecule has 1 aliphatic rings. The van der Waals surface area contributed by atoms with Crippen molar-refractivity contribution in [2.75, 3.05) is 7.11 Å². The molecule has 0 radical (unpaired) electrons. The van der Waals surface area contributed by atoms with E-state index >= 15 is 0 Å². The lowest BCUT2D eigenvalue weighted by atomic mass is 9.88. The first-order chi connectivity index (χ1) is 7.63. The maximum absolute atomic E-state index is 10.3. The summed E-state index contributed by atoms with van der Waals surface area (Å²) in [5, 5.41) is 10.3. The molecule has 0 bridgehead atoms. The average Bonchev–Trinajstić information content (AvgIpc) is 2.42. The minimum absolute atomic E-state index is 0.313. The van der Waals surface area contributed by atoms with E-state index in [1.807, 2.05) is 12.1 Å². The molecule has 0 heterocycles. The summed E-state index contributed by atoms with van der Waals surface area (Å²) in [5.41, 5.74) is 2.32. The maximum atomic E-state index is 10.3. The molecule has 0 aliphatic heterocycles. The Hall–Kier alpha value is -1.02. The highest BCUT2D eigenvalue weighted by Gasteiger charge is 2.27. The standard InChI is InChI=1S/C14H20O2/c1-9-4-5-11-6-7-12(16-3)8-13(11)14(15)10(9)2/h6-10,14-15H,4-5H2,1-3H3. The maximum Gasteiger partial charge on any atom is 0.119 e. The molecule has 0 amide bonds. The van der Waals surface area contributed by atoms with Crippen LogP contribution in [0, 0.1) is 11.8 Å². The topological polar surface area (TPSA) is 29.5 Å². The second-order valence-electron chi connectivity index (χ2n) is 4.88. The molecule has 3 atom stereocenters. The number of benzene rings is 1. The largest absolute Gasteiger partial charge is 0.497 e. The molecular formula is C14H20O2. The summed E-state index contributed by atoms with van der Waals surface area (Å²) in [6.45, 7) is 4.35. The second-order valence-corrected chi connectivity index (χ2v) is 4.88. The van der Waals surface area contributed by atoms with E-state index in [2.05, 4.69) is 19.9 Å². The van der Waals surface area contributed by atoms with E-state index in [0.29, 0.717) is 11.8 Å². The number of methoxy groups -OCH3 is 1. The fourth-order valence-corrected chi connectivity index (χ4v) is 2.44. The Morgan fingerprint density at radius 1 is 1.31 bits per heavy atom. The third-order valence-electron chi connectivity index (χ3n) is 3.94. The van der Waals surface area contributed by atoms with E-state index in [0.717, 1.165) is 24.2 Å². The van der Waals surface area contributed by atoms with Crippen molar-refractivity contribution in [2.45, 2.75) is 32.8 Å². The van der Waals surface area contributed by atoms with E-state index in [-0.39, 0.29) is 6.10 Å². The molecule has 0 saturated heterocycles. The molecule has 2 nitrogen and oxygen atoms in total. The van der Waals surface area contributed by atoms with Gasteiger partial charge in [-0.25, -0.2) is 0 Å². The Labute approximate surface area is 97.3 Å². The van der Waals surface area contributed by atoms with Gasteiger partial charge >= 0.3 is 0 Å². The second kappa shape index (κ2) is 4.46. The molecule has 2 rings (SSSR count). The fraction of sp³-hybridized carbons (Fsp3) is 0.571. The number of fused-ring (bicyclic) bond motifs is 1. The van der Waals surface area contributed by atoms with Gasteiger partial charge in [0, 0.05) is 0 Å². The lowest BCUT2D eigenvalue weighted by Crippen LogP contribution is -2.15. The number of rotatable bonds is 1. The molecule has 0 saturated carbocycles. The van der Waals surface area contributed by atoms with Crippen molar-refractivity contribution in [1.29, 1.82) is 0 Å². The lowest BCUT2D eigenvalue weighted by molar-refractivity contribution is 0.0894. The summed E-state index contributed by atoms with van der Waals surface area (Å²) in [6.07, 6.45) is 1.85. The molecule has 1 N–H and O–H groups in total. The first-order valence-corrected chi connectivity index (χ1v) is 5.98. The fourth-order valence-electron chi connectivity index (χ4n) is 2.44. The Morgan fingerprint density at radius 3 is 2.75 bits per heavy atom. The summed E-state index contributed by atoms with van der Waals surface area (Å²) >= 11 is 0. The summed E-state index contributed by atoms with van der Waals surface area (Å²) in [5.74, 6) is 1.71. The SMILES string of the molecule is COc1ccc2c(c1)C(O)C(C)C(C)CC2. The van der Waals surface area contributed by atoms with Gasteiger partial charge in [-0.05, 0) is 47.9 Å². The van der Waals surface area contributed by atoms with E-state index in [4.69, 9.17) is 4.74 Å². The van der Waals surface area contributed by atoms with Crippen LogP contribution < -0.4 is 4.74 Å². The van der Waals surface area contributed by atoms with Crippen LogP contribution in [0.25, 0.3) is 0 Å². The highest BCUT2D eigenvalue weighted by atomic mass is 16.5. The molecule has 1 aromatic rings. The summed E-state index contributed by atoms with van der Waals surface area (Å²) in [7, 11) is 1.66. The third kappa shape index (κ3) is 1.94. The Bertz CT molecular complexity index is 373. The predicted molar refractivity (Wildman–Crippen MR) is 64.6 cm³/mol. The molecule has 88 valence electrons. The van der Waals surface area contributed by atoms with E-state index < -0.39 is 0 Å². The summed E-state index contributed by atoms with van der Waals surface area (Å²) < 4.78 is 5.22. The minimum Gasteiger partial charge on any atom is -0.497 e. The Morgan fingerprint density at radius 2 is 2.06 bits per heavy atom. The zero-order valence-corrected chi connectivity index (χ0v) is 10.2. The van der Waals surface area contributed by atoms with Crippen molar-refractivity contribution in [1.82, 2.24) is 0 Å². The van der Waals surface area contributed by atoms with Gasteiger partial charge in [0.05, 0.1) is 13.2 Å². The van der Waals surface area contributed by atoms with Gasteiger partial charge in [-0.3, -0.25) is 0 Å². The van der Waals surface area contributed by atoms with Crippen molar-refractivity contribution in [2.24, 2.45) is 11.8 Å². The van der Waals surface area contributed by atoms with Crippen LogP contribution in [0.15, 0.2) is 18.2 Å². The smallest absolute Gasteiger partial charge is 0.119 e. The Kier molecular flexibility index (Phi) is 3.20. The minimum atomic E-state index is -0.359. The number of aliphatic hydroxyl groups excluding tert-OH is 1.